The second-order valence-corrected chi connectivity index (χ2v) is 21.9. The van der Waals surface area contributed by atoms with Crippen molar-refractivity contribution in [1.82, 2.24) is 28.6 Å². The Labute approximate surface area is 399 Å². The van der Waals surface area contributed by atoms with Gasteiger partial charge in [0, 0.05) is 79.3 Å². The predicted octanol–water partition coefficient (Wildman–Crippen LogP) is 6.47. The Balaban J connectivity index is 0.000000244. The summed E-state index contributed by atoms with van der Waals surface area (Å²) in [6, 6.07) is 20.0. The fourth-order valence-corrected chi connectivity index (χ4v) is 11.6. The molecule has 15 nitrogen and oxygen atoms in total. The number of nitrogens with one attached hydrogen (secondary N) is 1. The molecule has 0 saturated carbocycles. The lowest BCUT2D eigenvalue weighted by atomic mass is 10.1. The first-order valence-corrected chi connectivity index (χ1v) is 25.3. The number of aryl methyl sites for hydroxylation is 4. The molecular weight excluding hydrogens is 893 g/mol. The summed E-state index contributed by atoms with van der Waals surface area (Å²) in [6.07, 6.45) is 1.01. The molecule has 0 unspecified atom stereocenters. The summed E-state index contributed by atoms with van der Waals surface area (Å²) < 4.78 is 64.4. The maximum Gasteiger partial charge on any atom is 0.303 e. The van der Waals surface area contributed by atoms with E-state index < -0.39 is 26.0 Å². The van der Waals surface area contributed by atoms with Gasteiger partial charge in [-0.1, -0.05) is 36.4 Å². The van der Waals surface area contributed by atoms with Gasteiger partial charge in [-0.25, -0.2) is 25.4 Å². The van der Waals surface area contributed by atoms with Crippen molar-refractivity contribution >= 4 is 31.9 Å². The van der Waals surface area contributed by atoms with Crippen LogP contribution in [0.2, 0.25) is 0 Å². The summed E-state index contributed by atoms with van der Waals surface area (Å²) in [5.74, 6) is 0.371. The number of methoxy groups -OCH3 is 2. The number of nitrogens with zero attached hydrogens (tertiary/aromatic N) is 5. The molecular formula is C50H72N6O9S2. The number of carbonyl (C=O) groups excluding carboxylic acids is 1. The highest BCUT2D eigenvalue weighted by Crippen LogP contribution is 2.30. The van der Waals surface area contributed by atoms with Crippen molar-refractivity contribution in [3.05, 3.63) is 116 Å². The van der Waals surface area contributed by atoms with E-state index in [0.717, 1.165) is 26.2 Å². The molecule has 4 aromatic rings. The maximum atomic E-state index is 13.1. The van der Waals surface area contributed by atoms with Crippen LogP contribution >= 0.6 is 0 Å². The molecule has 0 bridgehead atoms. The molecule has 2 aliphatic rings. The quantitative estimate of drug-likeness (QED) is 0.112. The van der Waals surface area contributed by atoms with Gasteiger partial charge in [-0.05, 0) is 149 Å². The zero-order chi connectivity index (χ0) is 49.8. The number of sulfonamides is 2. The molecule has 0 aliphatic carbocycles. The Morgan fingerprint density at radius 2 is 1.00 bits per heavy atom. The van der Waals surface area contributed by atoms with Crippen LogP contribution in [0, 0.1) is 27.7 Å². The summed E-state index contributed by atoms with van der Waals surface area (Å²) in [5, 5.41) is 12.0. The molecule has 1 amide bonds. The molecule has 0 spiro atoms. The van der Waals surface area contributed by atoms with Crippen LogP contribution in [0.1, 0.15) is 81.3 Å². The van der Waals surface area contributed by atoms with E-state index in [-0.39, 0.29) is 36.7 Å². The van der Waals surface area contributed by atoms with E-state index in [9.17, 15) is 26.4 Å². The van der Waals surface area contributed by atoms with E-state index >= 15 is 0 Å². The molecule has 0 atom stereocenters. The van der Waals surface area contributed by atoms with Crippen LogP contribution in [0.25, 0.3) is 0 Å². The van der Waals surface area contributed by atoms with Crippen LogP contribution in [-0.2, 0) is 68.9 Å². The molecule has 2 heterocycles. The maximum absolute atomic E-state index is 13.1. The Morgan fingerprint density at radius 3 is 1.43 bits per heavy atom. The zero-order valence-corrected chi connectivity index (χ0v) is 43.2. The number of carboxylic acid groups (broad SMARTS) is 1. The average Bonchev–Trinajstić information content (AvgIpc) is 3.89. The van der Waals surface area contributed by atoms with Crippen LogP contribution in [0.3, 0.4) is 0 Å². The fraction of sp³-hybridized carbons (Fsp3) is 0.480. The summed E-state index contributed by atoms with van der Waals surface area (Å²) >= 11 is 0. The Hall–Kier alpha value is -4.88. The first-order valence-electron chi connectivity index (χ1n) is 22.4. The van der Waals surface area contributed by atoms with E-state index in [2.05, 4.69) is 65.6 Å². The second kappa shape index (κ2) is 24.4. The van der Waals surface area contributed by atoms with E-state index in [0.29, 0.717) is 64.6 Å². The molecule has 0 saturated heterocycles. The van der Waals surface area contributed by atoms with Crippen molar-refractivity contribution in [2.75, 3.05) is 69.6 Å². The number of rotatable bonds is 18. The molecule has 6 rings (SSSR count). The summed E-state index contributed by atoms with van der Waals surface area (Å²) in [6.45, 7) is 12.6. The van der Waals surface area contributed by atoms with Gasteiger partial charge >= 0.3 is 5.97 Å². The smallest absolute Gasteiger partial charge is 0.303 e. The lowest BCUT2D eigenvalue weighted by molar-refractivity contribution is -0.137. The van der Waals surface area contributed by atoms with Crippen molar-refractivity contribution in [3.8, 4) is 11.5 Å². The second-order valence-electron chi connectivity index (χ2n) is 18.0. The molecule has 17 heteroatoms. The molecule has 368 valence electrons. The monoisotopic (exact) mass is 964 g/mol. The lowest BCUT2D eigenvalue weighted by Crippen LogP contribution is -2.31. The van der Waals surface area contributed by atoms with Crippen molar-refractivity contribution in [2.24, 2.45) is 0 Å². The number of amides is 1. The molecule has 0 aromatic heterocycles. The summed E-state index contributed by atoms with van der Waals surface area (Å²) in [7, 11) is 7.11. The largest absolute Gasteiger partial charge is 0.497 e. The molecule has 2 aliphatic heterocycles. The lowest BCUT2D eigenvalue weighted by Gasteiger charge is -2.21. The van der Waals surface area contributed by atoms with Gasteiger partial charge in [-0.2, -0.15) is 0 Å². The highest BCUT2D eigenvalue weighted by atomic mass is 32.2. The van der Waals surface area contributed by atoms with Gasteiger partial charge in [0.1, 0.15) is 11.5 Å². The van der Waals surface area contributed by atoms with Gasteiger partial charge in [-0.3, -0.25) is 9.59 Å². The van der Waals surface area contributed by atoms with Crippen molar-refractivity contribution in [1.29, 1.82) is 0 Å². The average molecular weight is 965 g/mol. The highest BCUT2D eigenvalue weighted by molar-refractivity contribution is 7.89. The molecule has 0 radical (unpaired) electrons. The van der Waals surface area contributed by atoms with Crippen LogP contribution < -0.4 is 14.8 Å². The predicted molar refractivity (Wildman–Crippen MR) is 263 cm³/mol. The van der Waals surface area contributed by atoms with Crippen molar-refractivity contribution < 1.29 is 41.0 Å². The summed E-state index contributed by atoms with van der Waals surface area (Å²) in [4.78, 5) is 30.0. The number of hydrogen-bond acceptors (Lipinski definition) is 11. The fourth-order valence-electron chi connectivity index (χ4n) is 8.39. The number of carbonyl (C=O) groups is 2. The minimum Gasteiger partial charge on any atom is -0.497 e. The Morgan fingerprint density at radius 1 is 0.597 bits per heavy atom. The Bertz CT molecular complexity index is 2540. The van der Waals surface area contributed by atoms with Crippen molar-refractivity contribution in [3.63, 3.8) is 0 Å². The van der Waals surface area contributed by atoms with E-state index in [4.69, 9.17) is 14.6 Å². The van der Waals surface area contributed by atoms with Crippen molar-refractivity contribution in [2.45, 2.75) is 102 Å². The van der Waals surface area contributed by atoms with Crippen LogP contribution in [-0.4, -0.2) is 127 Å². The third kappa shape index (κ3) is 15.1. The van der Waals surface area contributed by atoms with E-state index in [1.54, 1.807) is 66.1 Å². The van der Waals surface area contributed by atoms with Gasteiger partial charge in [0.2, 0.25) is 26.0 Å². The SMILES string of the molecule is CN(C)Cc1ccc2c(c1)CNC2.COc1cc(C)c(S(=O)(=O)N(C)CCCC(=O)N2Cc3ccc(CN(C)C)cc3C2)c(C)c1.COc1cc(C)c(S(=O)(=O)N(C)CCCC(=O)O)c(C)c1. The van der Waals surface area contributed by atoms with Gasteiger partial charge in [0.25, 0.3) is 0 Å². The minimum atomic E-state index is -3.65. The molecule has 2 N–H and O–H groups in total. The zero-order valence-electron chi connectivity index (χ0n) is 41.5. The molecule has 67 heavy (non-hydrogen) atoms. The number of aliphatic carboxylic acids is 1. The number of hydrogen-bond donors (Lipinski definition) is 2. The minimum absolute atomic E-state index is 0.0551. The molecule has 4 aromatic carbocycles. The van der Waals surface area contributed by atoms with Gasteiger partial charge < -0.3 is 34.6 Å². The number of ether oxygens (including phenoxy) is 2. The number of fused-ring (bicyclic) bond motifs is 2. The van der Waals surface area contributed by atoms with E-state index in [1.165, 1.54) is 56.1 Å². The summed E-state index contributed by atoms with van der Waals surface area (Å²) in [5.41, 5.74) is 10.5. The van der Waals surface area contributed by atoms with Gasteiger partial charge in [-0.15, -0.1) is 0 Å². The van der Waals surface area contributed by atoms with Crippen LogP contribution in [0.5, 0.6) is 11.5 Å². The molecule has 0 fully saturated rings. The number of carboxylic acids is 1. The van der Waals surface area contributed by atoms with Crippen LogP contribution in [0.4, 0.5) is 0 Å². The number of benzene rings is 4. The van der Waals surface area contributed by atoms with Crippen LogP contribution in [0.15, 0.2) is 70.5 Å². The third-order valence-electron chi connectivity index (χ3n) is 11.6. The van der Waals surface area contributed by atoms with E-state index in [1.807, 2.05) is 19.0 Å². The van der Waals surface area contributed by atoms with Gasteiger partial charge in [0.15, 0.2) is 0 Å². The highest BCUT2D eigenvalue weighted by Gasteiger charge is 2.28. The first-order chi connectivity index (χ1) is 31.5. The van der Waals surface area contributed by atoms with Gasteiger partial charge in [0.05, 0.1) is 24.0 Å². The normalized spacial score (nSPS) is 13.3. The topological polar surface area (TPSA) is 169 Å². The Kier molecular flexibility index (Phi) is 19.9. The first kappa shape index (κ1) is 54.7. The third-order valence-corrected chi connectivity index (χ3v) is 16.0. The standard InChI is InChI=1S/C25H35N3O4S.C14H21NO5S.C11H16N2/c1-18-12-23(32-6)13-19(2)25(18)33(30,31)27(5)11-7-8-24(29)28-16-21-10-9-20(15-26(3)4)14-22(21)17-28;1-10-8-12(20-4)9-11(2)14(10)21(18,19)15(3)7-5-6-13(16)17;1-13(2)8-9-3-4-10-6-12-7-11(10)5-9/h9-10,12-14H,7-8,11,15-17H2,1-6H3;8-9H,5-7H2,1-4H3,(H,16,17);3-5,12H,6-8H2,1-2H3.